The van der Waals surface area contributed by atoms with Gasteiger partial charge in [0.05, 0.1) is 46.4 Å². The van der Waals surface area contributed by atoms with Gasteiger partial charge in [0.2, 0.25) is 23.6 Å². The Hall–Kier alpha value is -6.70. The minimum Gasteiger partial charge on any atom is -0.391 e. The number of likely N-dealkylation sites (tertiary alicyclic amines) is 1. The number of nitrogens with zero attached hydrogens (tertiary/aromatic N) is 7. The van der Waals surface area contributed by atoms with Gasteiger partial charge in [-0.3, -0.25) is 33.7 Å². The molecule has 408 valence electrons. The number of aliphatic hydroxyl groups is 1. The summed E-state index contributed by atoms with van der Waals surface area (Å²) in [6, 6.07) is 21.0. The van der Waals surface area contributed by atoms with Crippen LogP contribution in [0.3, 0.4) is 0 Å². The number of carbonyl (C=O) groups is 4. The third-order valence-corrected chi connectivity index (χ3v) is 17.0. The van der Waals surface area contributed by atoms with E-state index < -0.39 is 41.5 Å². The van der Waals surface area contributed by atoms with E-state index in [1.54, 1.807) is 22.7 Å². The first-order valence-electron chi connectivity index (χ1n) is 26.5. The SMILES string of the molecule is Cc1ncsc1-c1ccc(CNC(=O)[C@@H]2C[C@@H](O)CN2C(=O)C(NC(=O)COCCCCC2C=C(c3ccc([C@@H](C)NC(=O)C[C@@H]4N=C(c5ccc(Cl)cc5)c5c(sc(C)c5C)-n5c(C)nnc54)cc3)C=N2)C(C)(C)C)cc1. The van der Waals surface area contributed by atoms with Gasteiger partial charge in [-0.2, -0.15) is 0 Å². The van der Waals surface area contributed by atoms with E-state index in [1.807, 2.05) is 131 Å². The zero-order valence-electron chi connectivity index (χ0n) is 45.3. The molecule has 4 amide bonds. The van der Waals surface area contributed by atoms with Crippen molar-refractivity contribution in [2.24, 2.45) is 15.4 Å². The predicted molar refractivity (Wildman–Crippen MR) is 307 cm³/mol. The maximum atomic E-state index is 14.1. The maximum absolute atomic E-state index is 14.1. The van der Waals surface area contributed by atoms with Gasteiger partial charge in [-0.25, -0.2) is 4.98 Å². The van der Waals surface area contributed by atoms with E-state index in [4.69, 9.17) is 26.3 Å². The number of carbonyl (C=O) groups excluding carboxylic acids is 4. The number of thiophene rings is 1. The summed E-state index contributed by atoms with van der Waals surface area (Å²) in [4.78, 5) is 72.6. The fraction of sp³-hybridized carbons (Fsp3) is 0.407. The van der Waals surface area contributed by atoms with E-state index in [9.17, 15) is 24.3 Å². The number of halogens is 1. The van der Waals surface area contributed by atoms with Crippen LogP contribution >= 0.6 is 34.3 Å². The number of hydrogen-bond donors (Lipinski definition) is 4. The lowest BCUT2D eigenvalue weighted by atomic mass is 9.85. The fourth-order valence-corrected chi connectivity index (χ4v) is 12.3. The normalized spacial score (nSPS) is 18.6. The van der Waals surface area contributed by atoms with E-state index >= 15 is 0 Å². The molecule has 0 saturated carbocycles. The van der Waals surface area contributed by atoms with Crippen molar-refractivity contribution in [1.82, 2.24) is 40.6 Å². The number of benzene rings is 3. The van der Waals surface area contributed by atoms with Crippen LogP contribution in [-0.4, -0.2) is 109 Å². The van der Waals surface area contributed by atoms with Gasteiger partial charge < -0.3 is 30.7 Å². The van der Waals surface area contributed by atoms with Gasteiger partial charge in [-0.05, 0) is 105 Å². The standard InChI is InChI=1S/C59H67ClN10O6S2/c1-33-36(4)78-58-51(33)52(41-20-22-44(60)23-21-41)65-47(55-68-67-37(5)70(55)58)27-49(72)64-34(2)39-16-18-40(19-17-39)43-25-45(61-29-43)11-9-10-24-76-31-50(73)66-54(59(6,7)8)57(75)69-30-46(71)26-48(69)56(74)62-28-38-12-14-42(15-13-38)53-35(3)63-32-77-53/h12-23,25,29,32,34,45-48,54,71H,9-11,24,26-28,30-31H2,1-8H3,(H,62,74)(H,64,72)(H,66,73)/t34-,45?,46-,47+,48+,54?/m1/s1. The topological polar surface area (TPSA) is 205 Å². The summed E-state index contributed by atoms with van der Waals surface area (Å²) in [7, 11) is 0. The maximum Gasteiger partial charge on any atom is 0.246 e. The first-order valence-corrected chi connectivity index (χ1v) is 28.5. The number of ether oxygens (including phenoxy) is 1. The van der Waals surface area contributed by atoms with Crippen LogP contribution in [0.2, 0.25) is 5.02 Å². The molecule has 0 bridgehead atoms. The van der Waals surface area contributed by atoms with Crippen molar-refractivity contribution in [2.75, 3.05) is 19.8 Å². The lowest BCUT2D eigenvalue weighted by Gasteiger charge is -2.35. The predicted octanol–water partition coefficient (Wildman–Crippen LogP) is 9.33. The summed E-state index contributed by atoms with van der Waals surface area (Å²) in [5, 5.41) is 30.2. The number of nitrogens with one attached hydrogen (secondary N) is 3. The molecule has 0 aliphatic carbocycles. The van der Waals surface area contributed by atoms with Crippen molar-refractivity contribution < 1.29 is 29.0 Å². The minimum absolute atomic E-state index is 0.00967. The van der Waals surface area contributed by atoms with E-state index in [1.165, 1.54) is 9.78 Å². The molecule has 0 spiro atoms. The van der Waals surface area contributed by atoms with Crippen LogP contribution in [0.25, 0.3) is 21.0 Å². The summed E-state index contributed by atoms with van der Waals surface area (Å²) < 4.78 is 7.81. The highest BCUT2D eigenvalue weighted by molar-refractivity contribution is 7.15. The number of rotatable bonds is 19. The van der Waals surface area contributed by atoms with E-state index in [0.29, 0.717) is 23.9 Å². The monoisotopic (exact) mass is 1110 g/mol. The second-order valence-corrected chi connectivity index (χ2v) is 24.0. The van der Waals surface area contributed by atoms with Crippen molar-refractivity contribution in [3.8, 4) is 15.4 Å². The molecule has 6 atom stereocenters. The highest BCUT2D eigenvalue weighted by Crippen LogP contribution is 2.40. The lowest BCUT2D eigenvalue weighted by molar-refractivity contribution is -0.144. The van der Waals surface area contributed by atoms with Crippen molar-refractivity contribution in [1.29, 1.82) is 0 Å². The molecule has 6 aromatic rings. The molecule has 9 rings (SSSR count). The molecule has 78 heavy (non-hydrogen) atoms. The Kier molecular flexibility index (Phi) is 17.3. The Morgan fingerprint density at radius 3 is 2.32 bits per heavy atom. The van der Waals surface area contributed by atoms with E-state index in [2.05, 4.69) is 51.1 Å². The minimum atomic E-state index is -0.952. The Bertz CT molecular complexity index is 3270. The molecule has 3 aromatic heterocycles. The van der Waals surface area contributed by atoms with Gasteiger partial charge in [0, 0.05) is 53.4 Å². The van der Waals surface area contributed by atoms with Crippen LogP contribution in [0, 0.1) is 33.1 Å². The lowest BCUT2D eigenvalue weighted by Crippen LogP contribution is -2.58. The number of β-amino-alcohol motifs (C(OH)–C–C–N with tert-alkyl or cyclic N) is 1. The first kappa shape index (κ1) is 56.0. The quantitative estimate of drug-likeness (QED) is 0.0570. The van der Waals surface area contributed by atoms with Crippen LogP contribution < -0.4 is 16.0 Å². The Morgan fingerprint density at radius 1 is 0.897 bits per heavy atom. The number of aliphatic imine (C=N–C) groups is 2. The van der Waals surface area contributed by atoms with Crippen molar-refractivity contribution in [2.45, 2.75) is 130 Å². The van der Waals surface area contributed by atoms with Gasteiger partial charge in [0.15, 0.2) is 5.82 Å². The molecule has 4 N–H and O–H groups in total. The highest BCUT2D eigenvalue weighted by Gasteiger charge is 2.44. The number of aromatic nitrogens is 4. The molecule has 3 aliphatic heterocycles. The van der Waals surface area contributed by atoms with Gasteiger partial charge in [0.1, 0.15) is 35.6 Å². The van der Waals surface area contributed by atoms with Gasteiger partial charge in [-0.15, -0.1) is 32.9 Å². The Morgan fingerprint density at radius 2 is 1.62 bits per heavy atom. The number of fused-ring (bicyclic) bond motifs is 3. The van der Waals surface area contributed by atoms with Crippen LogP contribution in [0.5, 0.6) is 0 Å². The molecule has 3 aliphatic rings. The molecule has 1 fully saturated rings. The van der Waals surface area contributed by atoms with Crippen LogP contribution in [0.15, 0.2) is 94.4 Å². The third kappa shape index (κ3) is 12.7. The molecule has 19 heteroatoms. The summed E-state index contributed by atoms with van der Waals surface area (Å²) >= 11 is 9.53. The van der Waals surface area contributed by atoms with Crippen LogP contribution in [0.1, 0.15) is 127 Å². The smallest absolute Gasteiger partial charge is 0.246 e. The summed E-state index contributed by atoms with van der Waals surface area (Å²) in [6.07, 6.45) is 5.72. The Labute approximate surface area is 468 Å². The average molecular weight is 1110 g/mol. The second-order valence-electron chi connectivity index (χ2n) is 21.5. The summed E-state index contributed by atoms with van der Waals surface area (Å²) in [6.45, 7) is 16.0. The number of unbranched alkanes of at least 4 members (excludes halogenated alkanes) is 1. The summed E-state index contributed by atoms with van der Waals surface area (Å²) in [5.41, 5.74) is 10.9. The van der Waals surface area contributed by atoms with E-state index in [0.717, 1.165) is 84.5 Å². The van der Waals surface area contributed by atoms with Gasteiger partial charge >= 0.3 is 0 Å². The molecule has 6 heterocycles. The number of thiazole rings is 1. The zero-order chi connectivity index (χ0) is 55.4. The van der Waals surface area contributed by atoms with Gasteiger partial charge in [0.25, 0.3) is 0 Å². The first-order chi connectivity index (χ1) is 37.3. The molecule has 16 nitrogen and oxygen atoms in total. The number of aryl methyl sites for hydroxylation is 3. The van der Waals surface area contributed by atoms with Crippen molar-refractivity contribution in [3.63, 3.8) is 0 Å². The second kappa shape index (κ2) is 24.1. The van der Waals surface area contributed by atoms with E-state index in [-0.39, 0.29) is 56.4 Å². The third-order valence-electron chi connectivity index (χ3n) is 14.6. The highest BCUT2D eigenvalue weighted by atomic mass is 35.5. The molecular formula is C59H67ClN10O6S2. The van der Waals surface area contributed by atoms with Crippen molar-refractivity contribution >= 4 is 75.4 Å². The average Bonchev–Trinajstić information content (AvgIpc) is 4.41. The largest absolute Gasteiger partial charge is 0.391 e. The molecular weight excluding hydrogens is 1040 g/mol. The number of amides is 4. The van der Waals surface area contributed by atoms with Crippen LogP contribution in [-0.2, 0) is 30.5 Å². The molecule has 2 unspecified atom stereocenters. The number of aliphatic hydroxyl groups excluding tert-OH is 1. The summed E-state index contributed by atoms with van der Waals surface area (Å²) in [5.74, 6) is -0.0175. The van der Waals surface area contributed by atoms with Gasteiger partial charge in [-0.1, -0.05) is 99.1 Å². The van der Waals surface area contributed by atoms with Crippen molar-refractivity contribution in [3.05, 3.63) is 145 Å². The van der Waals surface area contributed by atoms with Crippen LogP contribution in [0.4, 0.5) is 0 Å². The molecule has 0 radical (unpaired) electrons. The fourth-order valence-electron chi connectivity index (χ4n) is 10.2. The Balaban J connectivity index is 0.715. The number of allylic oxidation sites excluding steroid dienone is 1. The molecule has 3 aromatic carbocycles. The number of hydrogen-bond acceptors (Lipinski definition) is 13. The molecule has 1 saturated heterocycles. The zero-order valence-corrected chi connectivity index (χ0v) is 47.7.